The Labute approximate surface area is 115 Å². The highest BCUT2D eigenvalue weighted by molar-refractivity contribution is 5.89. The van der Waals surface area contributed by atoms with Crippen LogP contribution in [0, 0.1) is 6.92 Å². The molecule has 0 N–H and O–H groups in total. The quantitative estimate of drug-likeness (QED) is 0.780. The van der Waals surface area contributed by atoms with Gasteiger partial charge in [-0.25, -0.2) is 4.79 Å². The van der Waals surface area contributed by atoms with E-state index < -0.39 is 6.10 Å². The van der Waals surface area contributed by atoms with Crippen molar-refractivity contribution in [3.05, 3.63) is 40.2 Å². The maximum absolute atomic E-state index is 12.0. The van der Waals surface area contributed by atoms with E-state index in [2.05, 4.69) is 0 Å². The van der Waals surface area contributed by atoms with Crippen LogP contribution in [0.4, 0.5) is 0 Å². The number of rotatable bonds is 2. The Morgan fingerprint density at radius 2 is 2.25 bits per heavy atom. The van der Waals surface area contributed by atoms with Crippen LogP contribution in [0.5, 0.6) is 5.75 Å². The average molecular weight is 273 g/mol. The highest BCUT2D eigenvalue weighted by Gasteiger charge is 2.28. The van der Waals surface area contributed by atoms with Crippen molar-refractivity contribution in [3.63, 3.8) is 0 Å². The van der Waals surface area contributed by atoms with E-state index in [9.17, 15) is 9.59 Å². The summed E-state index contributed by atoms with van der Waals surface area (Å²) < 4.78 is 12.6. The van der Waals surface area contributed by atoms with Gasteiger partial charge in [0.15, 0.2) is 5.43 Å². The van der Waals surface area contributed by atoms with Gasteiger partial charge in [0.05, 0.1) is 24.1 Å². The number of ether oxygens (including phenoxy) is 2. The molecule has 104 valence electrons. The predicted octanol–water partition coefficient (Wildman–Crippen LogP) is 1.63. The van der Waals surface area contributed by atoms with Crippen LogP contribution >= 0.6 is 0 Å². The van der Waals surface area contributed by atoms with Crippen LogP contribution in [-0.4, -0.2) is 23.2 Å². The fourth-order valence-electron chi connectivity index (χ4n) is 2.56. The van der Waals surface area contributed by atoms with Gasteiger partial charge in [0.25, 0.3) is 0 Å². The summed E-state index contributed by atoms with van der Waals surface area (Å²) in [6.07, 6.45) is 1.03. The van der Waals surface area contributed by atoms with Crippen molar-refractivity contribution >= 4 is 16.9 Å². The van der Waals surface area contributed by atoms with Gasteiger partial charge in [0.1, 0.15) is 5.75 Å². The SMILES string of the molecule is CCOC(=O)C1Cn2ccc(=O)c3c(C)ccc(c32)O1. The fraction of sp³-hybridized carbons (Fsp3) is 0.333. The molecule has 1 atom stereocenters. The molecule has 1 unspecified atom stereocenters. The van der Waals surface area contributed by atoms with Crippen LogP contribution in [0.3, 0.4) is 0 Å². The first kappa shape index (κ1) is 12.7. The molecular weight excluding hydrogens is 258 g/mol. The number of aromatic nitrogens is 1. The lowest BCUT2D eigenvalue weighted by molar-refractivity contribution is -0.152. The summed E-state index contributed by atoms with van der Waals surface area (Å²) in [5.41, 5.74) is 1.62. The number of carbonyl (C=O) groups excluding carboxylic acids is 1. The third-order valence-electron chi connectivity index (χ3n) is 3.47. The largest absolute Gasteiger partial charge is 0.475 e. The van der Waals surface area contributed by atoms with Crippen molar-refractivity contribution in [2.75, 3.05) is 6.61 Å². The molecule has 20 heavy (non-hydrogen) atoms. The number of nitrogens with zero attached hydrogens (tertiary/aromatic N) is 1. The van der Waals surface area contributed by atoms with Crippen molar-refractivity contribution in [3.8, 4) is 5.75 Å². The number of hydrogen-bond acceptors (Lipinski definition) is 4. The maximum Gasteiger partial charge on any atom is 0.349 e. The molecule has 2 heterocycles. The topological polar surface area (TPSA) is 57.5 Å². The highest BCUT2D eigenvalue weighted by Crippen LogP contribution is 2.30. The summed E-state index contributed by atoms with van der Waals surface area (Å²) in [5.74, 6) is 0.165. The molecule has 0 fully saturated rings. The van der Waals surface area contributed by atoms with Gasteiger partial charge < -0.3 is 14.0 Å². The van der Waals surface area contributed by atoms with E-state index in [-0.39, 0.29) is 11.4 Å². The summed E-state index contributed by atoms with van der Waals surface area (Å²) in [7, 11) is 0. The lowest BCUT2D eigenvalue weighted by Gasteiger charge is -2.27. The Kier molecular flexibility index (Phi) is 2.97. The Bertz CT molecular complexity index is 735. The summed E-state index contributed by atoms with van der Waals surface area (Å²) in [4.78, 5) is 23.8. The molecule has 5 heteroatoms. The Hall–Kier alpha value is -2.30. The second-order valence-corrected chi connectivity index (χ2v) is 4.80. The molecule has 0 saturated heterocycles. The highest BCUT2D eigenvalue weighted by atomic mass is 16.6. The van der Waals surface area contributed by atoms with Crippen LogP contribution in [0.2, 0.25) is 0 Å². The molecule has 2 aromatic rings. The van der Waals surface area contributed by atoms with Crippen LogP contribution in [0.15, 0.2) is 29.2 Å². The second-order valence-electron chi connectivity index (χ2n) is 4.80. The summed E-state index contributed by atoms with van der Waals surface area (Å²) >= 11 is 0. The van der Waals surface area contributed by atoms with Crippen molar-refractivity contribution in [2.24, 2.45) is 0 Å². The van der Waals surface area contributed by atoms with E-state index in [1.165, 1.54) is 6.07 Å². The minimum Gasteiger partial charge on any atom is -0.475 e. The van der Waals surface area contributed by atoms with Gasteiger partial charge in [-0.2, -0.15) is 0 Å². The predicted molar refractivity (Wildman–Crippen MR) is 74.0 cm³/mol. The smallest absolute Gasteiger partial charge is 0.349 e. The van der Waals surface area contributed by atoms with E-state index in [4.69, 9.17) is 9.47 Å². The number of hydrogen-bond donors (Lipinski definition) is 0. The molecule has 0 amide bonds. The summed E-state index contributed by atoms with van der Waals surface area (Å²) in [6, 6.07) is 5.14. The molecule has 3 rings (SSSR count). The Balaban J connectivity index is 2.14. The van der Waals surface area contributed by atoms with Gasteiger partial charge in [0.2, 0.25) is 6.10 Å². The van der Waals surface area contributed by atoms with Gasteiger partial charge >= 0.3 is 5.97 Å². The number of pyridine rings is 1. The van der Waals surface area contributed by atoms with Gasteiger partial charge in [0, 0.05) is 12.3 Å². The van der Waals surface area contributed by atoms with E-state index in [1.54, 1.807) is 19.2 Å². The van der Waals surface area contributed by atoms with E-state index in [1.807, 2.05) is 17.6 Å². The monoisotopic (exact) mass is 273 g/mol. The molecule has 0 bridgehead atoms. The lowest BCUT2D eigenvalue weighted by Crippen LogP contribution is -2.37. The lowest BCUT2D eigenvalue weighted by atomic mass is 10.1. The standard InChI is InChI=1S/C15H15NO4/c1-3-19-15(18)12-8-16-7-6-10(17)13-9(2)4-5-11(20-12)14(13)16/h4-7,12H,3,8H2,1-2H3. The van der Waals surface area contributed by atoms with Crippen molar-refractivity contribution in [1.82, 2.24) is 4.57 Å². The molecule has 0 spiro atoms. The number of benzene rings is 1. The number of carbonyl (C=O) groups is 1. The third-order valence-corrected chi connectivity index (χ3v) is 3.47. The molecule has 1 aromatic carbocycles. The summed E-state index contributed by atoms with van der Waals surface area (Å²) in [5, 5.41) is 0.646. The molecule has 1 aliphatic rings. The molecule has 5 nitrogen and oxygen atoms in total. The first-order valence-electron chi connectivity index (χ1n) is 6.58. The van der Waals surface area contributed by atoms with Crippen LogP contribution in [0.1, 0.15) is 12.5 Å². The van der Waals surface area contributed by atoms with Crippen molar-refractivity contribution in [1.29, 1.82) is 0 Å². The molecule has 1 aliphatic heterocycles. The zero-order chi connectivity index (χ0) is 14.3. The molecule has 0 radical (unpaired) electrons. The average Bonchev–Trinajstić information content (AvgIpc) is 2.44. The third kappa shape index (κ3) is 1.86. The number of aryl methyl sites for hydroxylation is 1. The molecular formula is C15H15NO4. The first-order valence-corrected chi connectivity index (χ1v) is 6.58. The molecule has 0 aliphatic carbocycles. The zero-order valence-corrected chi connectivity index (χ0v) is 11.4. The van der Waals surface area contributed by atoms with E-state index >= 15 is 0 Å². The number of esters is 1. The second kappa shape index (κ2) is 4.67. The Morgan fingerprint density at radius 1 is 1.45 bits per heavy atom. The maximum atomic E-state index is 12.0. The van der Waals surface area contributed by atoms with E-state index in [0.29, 0.717) is 24.3 Å². The minimum atomic E-state index is -0.671. The first-order chi connectivity index (χ1) is 9.61. The van der Waals surface area contributed by atoms with Crippen molar-refractivity contribution in [2.45, 2.75) is 26.5 Å². The van der Waals surface area contributed by atoms with Crippen LogP contribution < -0.4 is 10.2 Å². The van der Waals surface area contributed by atoms with Gasteiger partial charge in [-0.1, -0.05) is 6.07 Å². The van der Waals surface area contributed by atoms with Crippen LogP contribution in [0.25, 0.3) is 10.9 Å². The fourth-order valence-corrected chi connectivity index (χ4v) is 2.56. The minimum absolute atomic E-state index is 0.0335. The van der Waals surface area contributed by atoms with Gasteiger partial charge in [-0.05, 0) is 25.5 Å². The summed E-state index contributed by atoms with van der Waals surface area (Å²) in [6.45, 7) is 4.32. The van der Waals surface area contributed by atoms with Gasteiger partial charge in [-0.3, -0.25) is 4.79 Å². The Morgan fingerprint density at radius 3 is 3.00 bits per heavy atom. The van der Waals surface area contributed by atoms with Crippen molar-refractivity contribution < 1.29 is 14.3 Å². The van der Waals surface area contributed by atoms with E-state index in [0.717, 1.165) is 11.1 Å². The molecule has 1 aromatic heterocycles. The molecule has 0 saturated carbocycles. The van der Waals surface area contributed by atoms with Crippen LogP contribution in [-0.2, 0) is 16.1 Å². The zero-order valence-electron chi connectivity index (χ0n) is 11.4. The normalized spacial score (nSPS) is 16.8. The van der Waals surface area contributed by atoms with Gasteiger partial charge in [-0.15, -0.1) is 0 Å².